The number of nitrogens with zero attached hydrogens (tertiary/aromatic N) is 1. The van der Waals surface area contributed by atoms with E-state index in [1.165, 1.54) is 11.1 Å². The van der Waals surface area contributed by atoms with Gasteiger partial charge in [-0.15, -0.1) is 0 Å². The molecule has 0 spiro atoms. The van der Waals surface area contributed by atoms with E-state index in [4.69, 9.17) is 4.74 Å². The minimum absolute atomic E-state index is 0.118. The molecular weight excluding hydrogens is 298 g/mol. The number of para-hydroxylation sites is 2. The molecule has 0 saturated heterocycles. The van der Waals surface area contributed by atoms with Gasteiger partial charge >= 0.3 is 0 Å². The number of benzene rings is 2. The van der Waals surface area contributed by atoms with Gasteiger partial charge in [0.25, 0.3) is 0 Å². The first-order chi connectivity index (χ1) is 11.7. The van der Waals surface area contributed by atoms with E-state index in [1.807, 2.05) is 48.7 Å². The summed E-state index contributed by atoms with van der Waals surface area (Å²) in [7, 11) is 0. The first-order valence-electron chi connectivity index (χ1n) is 8.50. The molecule has 0 saturated carbocycles. The maximum absolute atomic E-state index is 11.9. The number of aryl methyl sites for hydroxylation is 2. The maximum Gasteiger partial charge on any atom is 0.161 e. The summed E-state index contributed by atoms with van der Waals surface area (Å²) in [6.07, 6.45) is 3.85. The average Bonchev–Trinajstić information content (AvgIpc) is 2.99. The Bertz CT molecular complexity index is 834. The van der Waals surface area contributed by atoms with Gasteiger partial charge in [0.2, 0.25) is 0 Å². The van der Waals surface area contributed by atoms with Crippen LogP contribution in [0.4, 0.5) is 0 Å². The first kappa shape index (κ1) is 16.3. The zero-order valence-electron chi connectivity index (χ0n) is 14.3. The zero-order chi connectivity index (χ0) is 16.9. The summed E-state index contributed by atoms with van der Waals surface area (Å²) in [5.41, 5.74) is 3.28. The van der Waals surface area contributed by atoms with Crippen molar-refractivity contribution in [2.24, 2.45) is 0 Å². The summed E-state index contributed by atoms with van der Waals surface area (Å²) in [4.78, 5) is 11.9. The van der Waals surface area contributed by atoms with E-state index >= 15 is 0 Å². The summed E-state index contributed by atoms with van der Waals surface area (Å²) in [6.45, 7) is 5.29. The third-order valence-electron chi connectivity index (χ3n) is 4.30. The molecule has 0 aliphatic carbocycles. The summed E-state index contributed by atoms with van der Waals surface area (Å²) in [6, 6.07) is 16.1. The van der Waals surface area contributed by atoms with Gasteiger partial charge in [-0.1, -0.05) is 43.3 Å². The monoisotopic (exact) mass is 321 g/mol. The molecule has 3 aromatic rings. The van der Waals surface area contributed by atoms with Crippen LogP contribution in [0, 0.1) is 0 Å². The van der Waals surface area contributed by atoms with E-state index in [2.05, 4.69) is 17.6 Å². The van der Waals surface area contributed by atoms with Crippen LogP contribution in [0.3, 0.4) is 0 Å². The van der Waals surface area contributed by atoms with Crippen molar-refractivity contribution >= 4 is 16.7 Å². The number of Topliss-reactive ketones (excluding diaryl/α,β-unsaturated/α-hetero) is 1. The third kappa shape index (κ3) is 3.35. The molecule has 0 amide bonds. The molecule has 3 heteroatoms. The lowest BCUT2D eigenvalue weighted by atomic mass is 10.1. The molecule has 1 heterocycles. The summed E-state index contributed by atoms with van der Waals surface area (Å²) in [5, 5.41) is 1.06. The van der Waals surface area contributed by atoms with E-state index in [-0.39, 0.29) is 5.78 Å². The number of aromatic nitrogens is 1. The number of rotatable bonds is 7. The van der Waals surface area contributed by atoms with Gasteiger partial charge in [0, 0.05) is 23.7 Å². The van der Waals surface area contributed by atoms with Crippen LogP contribution in [0.15, 0.2) is 54.7 Å². The van der Waals surface area contributed by atoms with Gasteiger partial charge in [0.15, 0.2) is 5.78 Å². The van der Waals surface area contributed by atoms with Gasteiger partial charge in [-0.25, -0.2) is 0 Å². The minimum Gasteiger partial charge on any atom is -0.494 e. The van der Waals surface area contributed by atoms with E-state index in [0.717, 1.165) is 36.1 Å². The molecule has 0 radical (unpaired) electrons. The molecule has 0 aliphatic rings. The number of carbonyl (C=O) groups excluding carboxylic acids is 1. The van der Waals surface area contributed by atoms with Crippen molar-refractivity contribution < 1.29 is 9.53 Å². The Labute approximate surface area is 142 Å². The van der Waals surface area contributed by atoms with Gasteiger partial charge in [-0.05, 0) is 37.5 Å². The van der Waals surface area contributed by atoms with Crippen LogP contribution in [-0.4, -0.2) is 17.0 Å². The van der Waals surface area contributed by atoms with Crippen LogP contribution in [0.5, 0.6) is 5.75 Å². The van der Waals surface area contributed by atoms with Crippen molar-refractivity contribution in [1.29, 1.82) is 0 Å². The minimum atomic E-state index is 0.118. The largest absolute Gasteiger partial charge is 0.494 e. The van der Waals surface area contributed by atoms with Crippen molar-refractivity contribution in [1.82, 2.24) is 4.57 Å². The Morgan fingerprint density at radius 2 is 1.88 bits per heavy atom. The molecular formula is C21H23NO2. The predicted molar refractivity (Wildman–Crippen MR) is 97.9 cm³/mol. The molecule has 0 unspecified atom stereocenters. The van der Waals surface area contributed by atoms with E-state index in [0.29, 0.717) is 6.61 Å². The fourth-order valence-corrected chi connectivity index (χ4v) is 3.12. The number of ether oxygens (including phenoxy) is 1. The van der Waals surface area contributed by atoms with Crippen molar-refractivity contribution in [3.05, 3.63) is 65.9 Å². The Morgan fingerprint density at radius 1 is 1.08 bits per heavy atom. The number of carbonyl (C=O) groups is 1. The van der Waals surface area contributed by atoms with Crippen LogP contribution in [0.2, 0.25) is 0 Å². The van der Waals surface area contributed by atoms with E-state index in [1.54, 1.807) is 6.92 Å². The SMILES string of the molecule is CCc1cccc2c(C(C)=O)cn(CCCOc3ccccc3)c12. The van der Waals surface area contributed by atoms with Gasteiger partial charge in [-0.3, -0.25) is 4.79 Å². The molecule has 124 valence electrons. The zero-order valence-corrected chi connectivity index (χ0v) is 14.3. The van der Waals surface area contributed by atoms with Gasteiger partial charge in [-0.2, -0.15) is 0 Å². The molecule has 3 nitrogen and oxygen atoms in total. The smallest absolute Gasteiger partial charge is 0.161 e. The number of hydrogen-bond donors (Lipinski definition) is 0. The lowest BCUT2D eigenvalue weighted by Crippen LogP contribution is -2.04. The van der Waals surface area contributed by atoms with Crippen molar-refractivity contribution in [2.75, 3.05) is 6.61 Å². The van der Waals surface area contributed by atoms with Crippen LogP contribution in [0.1, 0.15) is 36.2 Å². The average molecular weight is 321 g/mol. The third-order valence-corrected chi connectivity index (χ3v) is 4.30. The molecule has 0 atom stereocenters. The standard InChI is InChI=1S/C21H23NO2/c1-3-17-9-7-12-19-20(16(2)23)15-22(21(17)19)13-8-14-24-18-10-5-4-6-11-18/h4-7,9-12,15H,3,8,13-14H2,1-2H3. The molecule has 2 aromatic carbocycles. The Hall–Kier alpha value is -2.55. The van der Waals surface area contributed by atoms with Crippen LogP contribution < -0.4 is 4.74 Å². The molecule has 0 aliphatic heterocycles. The second-order valence-electron chi connectivity index (χ2n) is 5.97. The highest BCUT2D eigenvalue weighted by molar-refractivity contribution is 6.07. The molecule has 3 rings (SSSR count). The van der Waals surface area contributed by atoms with Gasteiger partial charge in [0.1, 0.15) is 5.75 Å². The van der Waals surface area contributed by atoms with Gasteiger partial charge in [0.05, 0.1) is 12.1 Å². The Balaban J connectivity index is 1.77. The van der Waals surface area contributed by atoms with Crippen LogP contribution in [0.25, 0.3) is 10.9 Å². The van der Waals surface area contributed by atoms with Gasteiger partial charge < -0.3 is 9.30 Å². The molecule has 24 heavy (non-hydrogen) atoms. The first-order valence-corrected chi connectivity index (χ1v) is 8.50. The lowest BCUT2D eigenvalue weighted by Gasteiger charge is -2.10. The highest BCUT2D eigenvalue weighted by Crippen LogP contribution is 2.26. The van der Waals surface area contributed by atoms with E-state index < -0.39 is 0 Å². The topological polar surface area (TPSA) is 31.2 Å². The Kier molecular flexibility index (Phi) is 4.99. The highest BCUT2D eigenvalue weighted by Gasteiger charge is 2.14. The predicted octanol–water partition coefficient (Wildman–Crippen LogP) is 4.88. The summed E-state index contributed by atoms with van der Waals surface area (Å²) >= 11 is 0. The maximum atomic E-state index is 11.9. The molecule has 0 fully saturated rings. The van der Waals surface area contributed by atoms with Crippen molar-refractivity contribution in [3.8, 4) is 5.75 Å². The second-order valence-corrected chi connectivity index (χ2v) is 5.97. The van der Waals surface area contributed by atoms with Crippen LogP contribution >= 0.6 is 0 Å². The number of ketones is 1. The van der Waals surface area contributed by atoms with Crippen molar-refractivity contribution in [3.63, 3.8) is 0 Å². The molecule has 1 aromatic heterocycles. The number of hydrogen-bond acceptors (Lipinski definition) is 2. The normalized spacial score (nSPS) is 10.9. The molecule has 0 N–H and O–H groups in total. The highest BCUT2D eigenvalue weighted by atomic mass is 16.5. The fraction of sp³-hybridized carbons (Fsp3) is 0.286. The fourth-order valence-electron chi connectivity index (χ4n) is 3.12. The lowest BCUT2D eigenvalue weighted by molar-refractivity contribution is 0.101. The summed E-state index contributed by atoms with van der Waals surface area (Å²) < 4.78 is 7.98. The molecule has 0 bridgehead atoms. The summed E-state index contributed by atoms with van der Waals surface area (Å²) in [5.74, 6) is 1.01. The Morgan fingerprint density at radius 3 is 2.58 bits per heavy atom. The quantitative estimate of drug-likeness (QED) is 0.459. The van der Waals surface area contributed by atoms with E-state index in [9.17, 15) is 4.79 Å². The van der Waals surface area contributed by atoms with Crippen molar-refractivity contribution in [2.45, 2.75) is 33.2 Å². The van der Waals surface area contributed by atoms with Crippen LogP contribution in [-0.2, 0) is 13.0 Å². The second kappa shape index (κ2) is 7.35. The number of fused-ring (bicyclic) bond motifs is 1.